The van der Waals surface area contributed by atoms with Crippen LogP contribution in [0.1, 0.15) is 10.4 Å². The largest absolute Gasteiger partial charge is 0.490 e. The van der Waals surface area contributed by atoms with E-state index >= 15 is 0 Å². The normalized spacial score (nSPS) is 14.9. The van der Waals surface area contributed by atoms with Crippen LogP contribution in [0.15, 0.2) is 18.2 Å². The fraction of sp³-hybridized carbons (Fsp3) is 0.308. The highest BCUT2D eigenvalue weighted by Crippen LogP contribution is 2.24. The highest BCUT2D eigenvalue weighted by Gasteiger charge is 2.33. The molecule has 7 heteroatoms. The second-order valence-electron chi connectivity index (χ2n) is 4.34. The number of hydrogen-bond acceptors (Lipinski definition) is 4. The highest BCUT2D eigenvalue weighted by atomic mass is 35.5. The molecule has 106 valence electrons. The Morgan fingerprint density at radius 2 is 2.15 bits per heavy atom. The molecule has 1 saturated heterocycles. The number of rotatable bonds is 5. The molecule has 3 amide bonds. The summed E-state index contributed by atoms with van der Waals surface area (Å²) in [7, 11) is 1.57. The van der Waals surface area contributed by atoms with Gasteiger partial charge in [-0.25, -0.2) is 4.79 Å². The highest BCUT2D eigenvalue weighted by molar-refractivity contribution is 6.32. The Balaban J connectivity index is 1.92. The van der Waals surface area contributed by atoms with Crippen LogP contribution in [0.5, 0.6) is 5.75 Å². The quantitative estimate of drug-likeness (QED) is 0.609. The SMILES string of the molecule is CN1CC(=O)N(CCOc2ccc(C=O)cc2Cl)C1=O. The minimum Gasteiger partial charge on any atom is -0.490 e. The Morgan fingerprint density at radius 1 is 1.40 bits per heavy atom. The van der Waals surface area contributed by atoms with Crippen molar-refractivity contribution < 1.29 is 19.1 Å². The summed E-state index contributed by atoms with van der Waals surface area (Å²) in [6.45, 7) is 0.396. The lowest BCUT2D eigenvalue weighted by Crippen LogP contribution is -2.35. The van der Waals surface area contributed by atoms with Gasteiger partial charge in [-0.1, -0.05) is 11.6 Å². The summed E-state index contributed by atoms with van der Waals surface area (Å²) in [6.07, 6.45) is 0.688. The van der Waals surface area contributed by atoms with Crippen LogP contribution in [0.3, 0.4) is 0 Å². The first kappa shape index (κ1) is 14.3. The molecule has 0 N–H and O–H groups in total. The minimum absolute atomic E-state index is 0.0909. The Kier molecular flexibility index (Phi) is 4.24. The molecule has 0 aliphatic carbocycles. The molecule has 1 aromatic rings. The molecule has 20 heavy (non-hydrogen) atoms. The Morgan fingerprint density at radius 3 is 2.70 bits per heavy atom. The van der Waals surface area contributed by atoms with E-state index in [-0.39, 0.29) is 31.6 Å². The summed E-state index contributed by atoms with van der Waals surface area (Å²) in [5.74, 6) is 0.160. The van der Waals surface area contributed by atoms with Crippen molar-refractivity contribution in [1.82, 2.24) is 9.80 Å². The Labute approximate surface area is 120 Å². The summed E-state index contributed by atoms with van der Waals surface area (Å²) in [5, 5.41) is 0.311. The zero-order chi connectivity index (χ0) is 14.7. The van der Waals surface area contributed by atoms with E-state index in [1.165, 1.54) is 11.0 Å². The van der Waals surface area contributed by atoms with Gasteiger partial charge in [-0.15, -0.1) is 0 Å². The predicted octanol–water partition coefficient (Wildman–Crippen LogP) is 1.43. The lowest BCUT2D eigenvalue weighted by molar-refractivity contribution is -0.125. The van der Waals surface area contributed by atoms with E-state index in [1.54, 1.807) is 19.2 Å². The molecular formula is C13H13ClN2O4. The van der Waals surface area contributed by atoms with Crippen LogP contribution >= 0.6 is 11.6 Å². The molecule has 1 heterocycles. The molecule has 0 radical (unpaired) electrons. The van der Waals surface area contributed by atoms with E-state index in [2.05, 4.69) is 0 Å². The van der Waals surface area contributed by atoms with Gasteiger partial charge in [0.05, 0.1) is 11.6 Å². The third-order valence-corrected chi connectivity index (χ3v) is 3.19. The van der Waals surface area contributed by atoms with Gasteiger partial charge in [0.25, 0.3) is 0 Å². The number of aldehydes is 1. The number of nitrogens with zero attached hydrogens (tertiary/aromatic N) is 2. The number of benzene rings is 1. The van der Waals surface area contributed by atoms with Crippen LogP contribution in [0.25, 0.3) is 0 Å². The monoisotopic (exact) mass is 296 g/mol. The van der Waals surface area contributed by atoms with Crippen molar-refractivity contribution in [3.05, 3.63) is 28.8 Å². The predicted molar refractivity (Wildman–Crippen MR) is 72.1 cm³/mol. The van der Waals surface area contributed by atoms with Gasteiger partial charge < -0.3 is 9.64 Å². The van der Waals surface area contributed by atoms with Crippen molar-refractivity contribution in [1.29, 1.82) is 0 Å². The fourth-order valence-corrected chi connectivity index (χ4v) is 2.09. The van der Waals surface area contributed by atoms with Crippen molar-refractivity contribution in [3.63, 3.8) is 0 Å². The first-order chi connectivity index (χ1) is 9.52. The third-order valence-electron chi connectivity index (χ3n) is 2.90. The maximum Gasteiger partial charge on any atom is 0.327 e. The average Bonchev–Trinajstić information content (AvgIpc) is 2.66. The summed E-state index contributed by atoms with van der Waals surface area (Å²) in [4.78, 5) is 36.2. The standard InChI is InChI=1S/C13H13ClN2O4/c1-15-7-12(18)16(13(15)19)4-5-20-11-3-2-9(8-17)6-10(11)14/h2-3,6,8H,4-5,7H2,1H3. The van der Waals surface area contributed by atoms with E-state index in [0.717, 1.165) is 4.90 Å². The van der Waals surface area contributed by atoms with E-state index < -0.39 is 0 Å². The molecule has 6 nitrogen and oxygen atoms in total. The van der Waals surface area contributed by atoms with E-state index in [9.17, 15) is 14.4 Å². The molecule has 1 aliphatic rings. The molecule has 0 spiro atoms. The minimum atomic E-state index is -0.332. The molecule has 0 saturated carbocycles. The van der Waals surface area contributed by atoms with Gasteiger partial charge >= 0.3 is 6.03 Å². The van der Waals surface area contributed by atoms with Crippen molar-refractivity contribution in [2.45, 2.75) is 0 Å². The molecule has 1 aromatic carbocycles. The van der Waals surface area contributed by atoms with Crippen LogP contribution in [-0.2, 0) is 4.79 Å². The molecular weight excluding hydrogens is 284 g/mol. The first-order valence-corrected chi connectivity index (χ1v) is 6.33. The van der Waals surface area contributed by atoms with Crippen LogP contribution < -0.4 is 4.74 Å². The molecule has 0 unspecified atom stereocenters. The Bertz CT molecular complexity index is 561. The molecule has 0 aromatic heterocycles. The van der Waals surface area contributed by atoms with Crippen LogP contribution in [0.4, 0.5) is 4.79 Å². The van der Waals surface area contributed by atoms with Crippen molar-refractivity contribution in [3.8, 4) is 5.75 Å². The van der Waals surface area contributed by atoms with Gasteiger partial charge in [0, 0.05) is 12.6 Å². The second kappa shape index (κ2) is 5.92. The summed E-state index contributed by atoms with van der Waals surface area (Å²) >= 11 is 5.94. The maximum absolute atomic E-state index is 11.6. The van der Waals surface area contributed by atoms with Crippen LogP contribution in [0.2, 0.25) is 5.02 Å². The molecule has 0 bridgehead atoms. The van der Waals surface area contributed by atoms with E-state index in [1.807, 2.05) is 0 Å². The zero-order valence-electron chi connectivity index (χ0n) is 10.8. The van der Waals surface area contributed by atoms with Gasteiger partial charge in [-0.05, 0) is 18.2 Å². The Hall–Kier alpha value is -2.08. The van der Waals surface area contributed by atoms with Gasteiger partial charge in [-0.3, -0.25) is 14.5 Å². The number of carbonyl (C=O) groups is 3. The first-order valence-electron chi connectivity index (χ1n) is 5.96. The van der Waals surface area contributed by atoms with Crippen molar-refractivity contribution >= 4 is 29.8 Å². The van der Waals surface area contributed by atoms with E-state index in [0.29, 0.717) is 22.6 Å². The number of carbonyl (C=O) groups excluding carboxylic acids is 3. The smallest absolute Gasteiger partial charge is 0.327 e. The summed E-state index contributed by atoms with van der Waals surface area (Å²) in [6, 6.07) is 4.31. The van der Waals surface area contributed by atoms with Crippen molar-refractivity contribution in [2.75, 3.05) is 26.7 Å². The van der Waals surface area contributed by atoms with Gasteiger partial charge in [-0.2, -0.15) is 0 Å². The molecule has 1 fully saturated rings. The number of hydrogen-bond donors (Lipinski definition) is 0. The average molecular weight is 297 g/mol. The number of amides is 3. The lowest BCUT2D eigenvalue weighted by Gasteiger charge is -2.15. The number of imide groups is 1. The number of ether oxygens (including phenoxy) is 1. The lowest BCUT2D eigenvalue weighted by atomic mass is 10.2. The van der Waals surface area contributed by atoms with Gasteiger partial charge in [0.15, 0.2) is 0 Å². The summed E-state index contributed by atoms with van der Waals surface area (Å²) in [5.41, 5.74) is 0.453. The summed E-state index contributed by atoms with van der Waals surface area (Å²) < 4.78 is 5.42. The number of likely N-dealkylation sites (N-methyl/N-ethyl adjacent to an activating group) is 1. The van der Waals surface area contributed by atoms with Gasteiger partial charge in [0.2, 0.25) is 5.91 Å². The number of halogens is 1. The molecule has 2 rings (SSSR count). The topological polar surface area (TPSA) is 66.9 Å². The second-order valence-corrected chi connectivity index (χ2v) is 4.75. The molecule has 0 atom stereocenters. The van der Waals surface area contributed by atoms with Crippen molar-refractivity contribution in [2.24, 2.45) is 0 Å². The van der Waals surface area contributed by atoms with E-state index in [4.69, 9.17) is 16.3 Å². The zero-order valence-corrected chi connectivity index (χ0v) is 11.6. The molecule has 1 aliphatic heterocycles. The van der Waals surface area contributed by atoms with Gasteiger partial charge in [0.1, 0.15) is 25.2 Å². The number of urea groups is 1. The fourth-order valence-electron chi connectivity index (χ4n) is 1.84. The van der Waals surface area contributed by atoms with Crippen LogP contribution in [-0.4, -0.2) is 54.8 Å². The third kappa shape index (κ3) is 2.91. The van der Waals surface area contributed by atoms with Crippen LogP contribution in [0, 0.1) is 0 Å². The maximum atomic E-state index is 11.6.